The lowest BCUT2D eigenvalue weighted by Gasteiger charge is -2.12. The maximum Gasteiger partial charge on any atom is 0.268 e. The summed E-state index contributed by atoms with van der Waals surface area (Å²) in [5, 5.41) is 2.30. The van der Waals surface area contributed by atoms with Crippen molar-refractivity contribution in [2.75, 3.05) is 5.32 Å². The van der Waals surface area contributed by atoms with Gasteiger partial charge in [-0.3, -0.25) is 19.0 Å². The fourth-order valence-electron chi connectivity index (χ4n) is 2.67. The molecule has 0 saturated heterocycles. The van der Waals surface area contributed by atoms with Crippen molar-refractivity contribution in [3.63, 3.8) is 0 Å². The van der Waals surface area contributed by atoms with Gasteiger partial charge >= 0.3 is 0 Å². The predicted molar refractivity (Wildman–Crippen MR) is 99.6 cm³/mol. The van der Waals surface area contributed by atoms with Crippen LogP contribution in [-0.2, 0) is 0 Å². The number of aromatic nitrogens is 1. The molecular formula is C20H15F2N3O3. The van der Waals surface area contributed by atoms with Crippen molar-refractivity contribution < 1.29 is 18.4 Å². The molecule has 0 aliphatic rings. The molecule has 1 aromatic heterocycles. The van der Waals surface area contributed by atoms with Gasteiger partial charge < -0.3 is 11.1 Å². The van der Waals surface area contributed by atoms with Crippen LogP contribution in [0.3, 0.4) is 0 Å². The van der Waals surface area contributed by atoms with Crippen LogP contribution in [0.1, 0.15) is 26.3 Å². The minimum atomic E-state index is -0.848. The summed E-state index contributed by atoms with van der Waals surface area (Å²) in [7, 11) is 0. The molecule has 0 radical (unpaired) electrons. The summed E-state index contributed by atoms with van der Waals surface area (Å²) in [6, 6.07) is 9.96. The smallest absolute Gasteiger partial charge is 0.268 e. The van der Waals surface area contributed by atoms with E-state index in [0.717, 1.165) is 12.1 Å². The number of amides is 2. The van der Waals surface area contributed by atoms with Gasteiger partial charge in [0, 0.05) is 17.4 Å². The van der Waals surface area contributed by atoms with Crippen molar-refractivity contribution in [3.8, 4) is 5.69 Å². The molecule has 0 spiro atoms. The van der Waals surface area contributed by atoms with E-state index in [1.165, 1.54) is 47.2 Å². The maximum atomic E-state index is 14.0. The van der Waals surface area contributed by atoms with Crippen LogP contribution in [-0.4, -0.2) is 16.4 Å². The molecule has 3 rings (SSSR count). The number of primary amides is 1. The standard InChI is InChI=1S/C20H15F2N3O3/c1-11-8-9-25(14-5-3-13(21)4-6-14)20(28)17(11)19(27)24-16-10-12(18(23)26)2-7-15(16)22/h2-10H,1H3,(H2,23,26)(H,24,27). The van der Waals surface area contributed by atoms with Gasteiger partial charge in [0.05, 0.1) is 5.69 Å². The molecule has 3 aromatic rings. The van der Waals surface area contributed by atoms with Crippen LogP contribution < -0.4 is 16.6 Å². The van der Waals surface area contributed by atoms with Gasteiger partial charge in [-0.25, -0.2) is 8.78 Å². The zero-order chi connectivity index (χ0) is 20.4. The summed E-state index contributed by atoms with van der Waals surface area (Å²) in [6.45, 7) is 1.56. The number of halogens is 2. The van der Waals surface area contributed by atoms with Crippen molar-refractivity contribution in [2.24, 2.45) is 5.73 Å². The molecule has 0 aliphatic carbocycles. The molecule has 142 valence electrons. The number of benzene rings is 2. The average Bonchev–Trinajstić information content (AvgIpc) is 2.64. The summed E-state index contributed by atoms with van der Waals surface area (Å²) >= 11 is 0. The number of carbonyl (C=O) groups is 2. The van der Waals surface area contributed by atoms with Gasteiger partial charge in [0.2, 0.25) is 5.91 Å². The zero-order valence-corrected chi connectivity index (χ0v) is 14.7. The Morgan fingerprint density at radius 3 is 2.36 bits per heavy atom. The Morgan fingerprint density at radius 2 is 1.71 bits per heavy atom. The summed E-state index contributed by atoms with van der Waals surface area (Å²) < 4.78 is 28.3. The lowest BCUT2D eigenvalue weighted by Crippen LogP contribution is -2.29. The molecule has 0 fully saturated rings. The van der Waals surface area contributed by atoms with Gasteiger partial charge in [0.25, 0.3) is 11.5 Å². The van der Waals surface area contributed by atoms with Gasteiger partial charge in [-0.2, -0.15) is 0 Å². The number of carbonyl (C=O) groups excluding carboxylic acids is 2. The fourth-order valence-corrected chi connectivity index (χ4v) is 2.67. The number of pyridine rings is 1. The highest BCUT2D eigenvalue weighted by Crippen LogP contribution is 2.18. The number of rotatable bonds is 4. The van der Waals surface area contributed by atoms with E-state index in [-0.39, 0.29) is 16.8 Å². The fraction of sp³-hybridized carbons (Fsp3) is 0.0500. The summed E-state index contributed by atoms with van der Waals surface area (Å²) in [6.07, 6.45) is 1.45. The molecule has 8 heteroatoms. The quantitative estimate of drug-likeness (QED) is 0.725. The summed E-state index contributed by atoms with van der Waals surface area (Å²) in [4.78, 5) is 36.7. The third kappa shape index (κ3) is 3.66. The maximum absolute atomic E-state index is 14.0. The van der Waals surface area contributed by atoms with E-state index in [0.29, 0.717) is 11.3 Å². The number of hydrogen-bond acceptors (Lipinski definition) is 3. The van der Waals surface area contributed by atoms with Gasteiger partial charge in [-0.1, -0.05) is 0 Å². The van der Waals surface area contributed by atoms with E-state index in [4.69, 9.17) is 5.73 Å². The Labute approximate surface area is 158 Å². The molecule has 6 nitrogen and oxygen atoms in total. The third-order valence-electron chi connectivity index (χ3n) is 4.13. The first-order valence-corrected chi connectivity index (χ1v) is 8.17. The molecule has 0 unspecified atom stereocenters. The molecule has 0 aliphatic heterocycles. The number of anilines is 1. The first-order valence-electron chi connectivity index (χ1n) is 8.17. The summed E-state index contributed by atoms with van der Waals surface area (Å²) in [5.41, 5.74) is 4.75. The Morgan fingerprint density at radius 1 is 1.04 bits per heavy atom. The van der Waals surface area contributed by atoms with E-state index < -0.39 is 29.0 Å². The highest BCUT2D eigenvalue weighted by molar-refractivity contribution is 6.05. The SMILES string of the molecule is Cc1ccn(-c2ccc(F)cc2)c(=O)c1C(=O)Nc1cc(C(N)=O)ccc1F. The minimum Gasteiger partial charge on any atom is -0.366 e. The highest BCUT2D eigenvalue weighted by Gasteiger charge is 2.18. The minimum absolute atomic E-state index is 0.00482. The second-order valence-corrected chi connectivity index (χ2v) is 6.04. The zero-order valence-electron chi connectivity index (χ0n) is 14.7. The van der Waals surface area contributed by atoms with Crippen molar-refractivity contribution in [2.45, 2.75) is 6.92 Å². The van der Waals surface area contributed by atoms with E-state index in [9.17, 15) is 23.2 Å². The van der Waals surface area contributed by atoms with Crippen LogP contribution in [0.5, 0.6) is 0 Å². The Bertz CT molecular complexity index is 1140. The second-order valence-electron chi connectivity index (χ2n) is 6.04. The molecule has 2 aromatic carbocycles. The predicted octanol–water partition coefficient (Wildman–Crippen LogP) is 2.78. The van der Waals surface area contributed by atoms with Crippen molar-refractivity contribution in [1.82, 2.24) is 4.57 Å². The highest BCUT2D eigenvalue weighted by atomic mass is 19.1. The first-order chi connectivity index (χ1) is 13.3. The van der Waals surface area contributed by atoms with E-state index >= 15 is 0 Å². The Hall–Kier alpha value is -3.81. The van der Waals surface area contributed by atoms with Crippen LogP contribution in [0, 0.1) is 18.6 Å². The lowest BCUT2D eigenvalue weighted by atomic mass is 10.1. The van der Waals surface area contributed by atoms with Crippen LogP contribution in [0.25, 0.3) is 5.69 Å². The molecular weight excluding hydrogens is 368 g/mol. The number of nitrogens with zero attached hydrogens (tertiary/aromatic N) is 1. The van der Waals surface area contributed by atoms with Gasteiger partial charge in [0.1, 0.15) is 17.2 Å². The largest absolute Gasteiger partial charge is 0.366 e. The van der Waals surface area contributed by atoms with E-state index in [2.05, 4.69) is 5.32 Å². The van der Waals surface area contributed by atoms with Crippen LogP contribution in [0.15, 0.2) is 59.5 Å². The lowest BCUT2D eigenvalue weighted by molar-refractivity contribution is 0.0995. The van der Waals surface area contributed by atoms with Crippen molar-refractivity contribution in [3.05, 3.63) is 93.4 Å². The van der Waals surface area contributed by atoms with E-state index in [1.54, 1.807) is 6.92 Å². The van der Waals surface area contributed by atoms with Gasteiger partial charge in [-0.15, -0.1) is 0 Å². The third-order valence-corrected chi connectivity index (χ3v) is 4.13. The molecule has 28 heavy (non-hydrogen) atoms. The molecule has 0 atom stereocenters. The second kappa shape index (κ2) is 7.43. The number of nitrogens with one attached hydrogen (secondary N) is 1. The van der Waals surface area contributed by atoms with Crippen molar-refractivity contribution >= 4 is 17.5 Å². The average molecular weight is 383 g/mol. The summed E-state index contributed by atoms with van der Waals surface area (Å²) in [5.74, 6) is -2.89. The van der Waals surface area contributed by atoms with E-state index in [1.807, 2.05) is 0 Å². The van der Waals surface area contributed by atoms with Crippen molar-refractivity contribution in [1.29, 1.82) is 0 Å². The number of hydrogen-bond donors (Lipinski definition) is 2. The molecule has 0 bridgehead atoms. The Kier molecular flexibility index (Phi) is 5.04. The molecule has 1 heterocycles. The van der Waals surface area contributed by atoms with Crippen LogP contribution in [0.2, 0.25) is 0 Å². The molecule has 2 amide bonds. The van der Waals surface area contributed by atoms with Crippen LogP contribution in [0.4, 0.5) is 14.5 Å². The normalized spacial score (nSPS) is 10.5. The number of aryl methyl sites for hydroxylation is 1. The monoisotopic (exact) mass is 383 g/mol. The first kappa shape index (κ1) is 19.0. The molecule has 0 saturated carbocycles. The number of nitrogens with two attached hydrogens (primary N) is 1. The van der Waals surface area contributed by atoms with Crippen LogP contribution >= 0.6 is 0 Å². The van der Waals surface area contributed by atoms with Gasteiger partial charge in [0.15, 0.2) is 0 Å². The topological polar surface area (TPSA) is 94.2 Å². The Balaban J connectivity index is 2.02. The molecule has 3 N–H and O–H groups in total. The van der Waals surface area contributed by atoms with Gasteiger partial charge in [-0.05, 0) is 61.0 Å².